The molecule has 0 bridgehead atoms. The van der Waals surface area contributed by atoms with Crippen LogP contribution in [0.15, 0.2) is 36.4 Å². The number of nitrogens with zero attached hydrogens (tertiary/aromatic N) is 4. The molecule has 2 aromatic carbocycles. The lowest BCUT2D eigenvalue weighted by atomic mass is 9.57. The summed E-state index contributed by atoms with van der Waals surface area (Å²) in [6.07, 6.45) is 4.92. The topological polar surface area (TPSA) is 88.9 Å². The van der Waals surface area contributed by atoms with Crippen molar-refractivity contribution in [3.63, 3.8) is 0 Å². The van der Waals surface area contributed by atoms with Gasteiger partial charge in [0.15, 0.2) is 5.82 Å². The maximum atomic E-state index is 15.5. The number of likely N-dealkylation sites (tertiary alicyclic amines) is 1. The normalized spacial score (nSPS) is 22.0. The quantitative estimate of drug-likeness (QED) is 0.320. The first-order valence-electron chi connectivity index (χ1n) is 17.0. The molecule has 3 atom stereocenters. The predicted octanol–water partition coefficient (Wildman–Crippen LogP) is 5.10. The van der Waals surface area contributed by atoms with Crippen LogP contribution in [0.5, 0.6) is 0 Å². The van der Waals surface area contributed by atoms with Crippen molar-refractivity contribution in [1.82, 2.24) is 15.1 Å². The molecule has 3 fully saturated rings. The van der Waals surface area contributed by atoms with Gasteiger partial charge in [0.05, 0.1) is 24.4 Å². The lowest BCUT2D eigenvalue weighted by molar-refractivity contribution is -0.142. The van der Waals surface area contributed by atoms with E-state index in [2.05, 4.69) is 21.2 Å². The molecule has 2 aliphatic heterocycles. The Labute approximate surface area is 278 Å². The van der Waals surface area contributed by atoms with Gasteiger partial charge in [-0.15, -0.1) is 0 Å². The van der Waals surface area contributed by atoms with Gasteiger partial charge < -0.3 is 24.8 Å². The van der Waals surface area contributed by atoms with Gasteiger partial charge >= 0.3 is 5.97 Å². The summed E-state index contributed by atoms with van der Waals surface area (Å²) >= 11 is 0. The molecule has 2 saturated heterocycles. The number of methoxy groups -OCH3 is 1. The van der Waals surface area contributed by atoms with E-state index in [9.17, 15) is 19.2 Å². The number of piperidine rings is 1. The average Bonchev–Trinajstić information content (AvgIpc) is 3.49. The maximum Gasteiger partial charge on any atom is 0.305 e. The lowest BCUT2D eigenvalue weighted by Crippen LogP contribution is -2.56. The van der Waals surface area contributed by atoms with Gasteiger partial charge in [-0.25, -0.2) is 8.78 Å². The largest absolute Gasteiger partial charge is 0.469 e. The van der Waals surface area contributed by atoms with E-state index in [1.165, 1.54) is 20.1 Å². The Balaban J connectivity index is 1.30. The fourth-order valence-corrected chi connectivity index (χ4v) is 8.74. The van der Waals surface area contributed by atoms with Crippen LogP contribution >= 0.6 is 0 Å². The zero-order chi connectivity index (χ0) is 33.7. The standard InChI is InChI=1S/C37H49F2N5O3/c1-25(45)41-24-37(30-8-6-9-31(38)18-30,33-10-5-7-27(33)17-35(46)47-4)29-13-15-43(16-14-29)20-26-21-44(22-26)34-12-11-28(19-40)32(36(34)39)23-42(2)3/h6,8-9,11-12,18,26-27,29,33H,5,7,10,13-17,20-24H2,1-4H3,(H,41,45)/t27-,33+,37+/m1/s1. The molecule has 1 N–H and O–H groups in total. The second-order valence-corrected chi connectivity index (χ2v) is 14.2. The summed E-state index contributed by atoms with van der Waals surface area (Å²) in [5, 5.41) is 12.6. The summed E-state index contributed by atoms with van der Waals surface area (Å²) in [4.78, 5) is 31.2. The van der Waals surface area contributed by atoms with E-state index in [1.807, 2.05) is 25.1 Å². The number of amides is 1. The number of rotatable bonds is 12. The Morgan fingerprint density at radius 2 is 1.85 bits per heavy atom. The van der Waals surface area contributed by atoms with Crippen molar-refractivity contribution in [3.8, 4) is 6.07 Å². The third-order valence-corrected chi connectivity index (χ3v) is 10.9. The number of benzene rings is 2. The van der Waals surface area contributed by atoms with Crippen molar-refractivity contribution in [2.45, 2.75) is 57.4 Å². The van der Waals surface area contributed by atoms with Crippen LogP contribution in [-0.2, 0) is 26.3 Å². The summed E-state index contributed by atoms with van der Waals surface area (Å²) in [6.45, 7) is 6.50. The molecule has 254 valence electrons. The van der Waals surface area contributed by atoms with Crippen LogP contribution in [0, 0.1) is 46.6 Å². The number of ether oxygens (including phenoxy) is 1. The van der Waals surface area contributed by atoms with E-state index in [4.69, 9.17) is 4.74 Å². The molecule has 1 saturated carbocycles. The van der Waals surface area contributed by atoms with Crippen LogP contribution in [0.1, 0.15) is 62.1 Å². The lowest BCUT2D eigenvalue weighted by Gasteiger charge is -2.51. The second kappa shape index (κ2) is 15.1. The molecule has 0 radical (unpaired) electrons. The summed E-state index contributed by atoms with van der Waals surface area (Å²) in [7, 11) is 5.16. The Bertz CT molecular complexity index is 1460. The minimum atomic E-state index is -0.514. The SMILES string of the molecule is COC(=O)C[C@H]1CCC[C@@H]1[C@](CNC(C)=O)(c1cccc(F)c1)C1CCN(CC2CN(c3ccc(C#N)c(CN(C)C)c3F)C2)CC1. The molecule has 0 unspecified atom stereocenters. The van der Waals surface area contributed by atoms with Crippen molar-refractivity contribution in [1.29, 1.82) is 5.26 Å². The number of nitrogens with one attached hydrogen (secondary N) is 1. The van der Waals surface area contributed by atoms with Gasteiger partial charge in [0.1, 0.15) is 5.82 Å². The predicted molar refractivity (Wildman–Crippen MR) is 178 cm³/mol. The van der Waals surface area contributed by atoms with Crippen molar-refractivity contribution in [2.24, 2.45) is 23.7 Å². The minimum Gasteiger partial charge on any atom is -0.469 e. The Morgan fingerprint density at radius 1 is 1.11 bits per heavy atom. The maximum absolute atomic E-state index is 15.5. The van der Waals surface area contributed by atoms with E-state index in [1.54, 1.807) is 24.3 Å². The Kier molecular flexibility index (Phi) is 11.2. The monoisotopic (exact) mass is 649 g/mol. The van der Waals surface area contributed by atoms with Crippen LogP contribution in [0.3, 0.4) is 0 Å². The molecule has 1 aliphatic carbocycles. The molecule has 2 aromatic rings. The third kappa shape index (κ3) is 7.62. The van der Waals surface area contributed by atoms with E-state index >= 15 is 4.39 Å². The summed E-state index contributed by atoms with van der Waals surface area (Å²) < 4.78 is 35.4. The fraction of sp³-hybridized carbons (Fsp3) is 0.595. The van der Waals surface area contributed by atoms with Crippen LogP contribution in [0.25, 0.3) is 0 Å². The molecule has 0 spiro atoms. The van der Waals surface area contributed by atoms with Gasteiger partial charge in [-0.2, -0.15) is 5.26 Å². The van der Waals surface area contributed by atoms with Crippen molar-refractivity contribution < 1.29 is 23.1 Å². The number of carbonyl (C=O) groups excluding carboxylic acids is 2. The van der Waals surface area contributed by atoms with Crippen LogP contribution in [0.2, 0.25) is 0 Å². The molecule has 1 amide bonds. The highest BCUT2D eigenvalue weighted by Gasteiger charge is 2.52. The first kappa shape index (κ1) is 34.8. The average molecular weight is 650 g/mol. The molecule has 5 rings (SSSR count). The summed E-state index contributed by atoms with van der Waals surface area (Å²) in [5.41, 5.74) is 1.77. The van der Waals surface area contributed by atoms with Crippen molar-refractivity contribution in [3.05, 3.63) is 64.7 Å². The van der Waals surface area contributed by atoms with E-state index in [-0.39, 0.29) is 41.3 Å². The third-order valence-electron chi connectivity index (χ3n) is 10.9. The van der Waals surface area contributed by atoms with Crippen LogP contribution < -0.4 is 10.2 Å². The van der Waals surface area contributed by atoms with Gasteiger partial charge in [-0.05, 0) is 100 Å². The smallest absolute Gasteiger partial charge is 0.305 e. The highest BCUT2D eigenvalue weighted by molar-refractivity contribution is 5.73. The van der Waals surface area contributed by atoms with Gasteiger partial charge in [0.2, 0.25) is 5.91 Å². The van der Waals surface area contributed by atoms with Crippen molar-refractivity contribution >= 4 is 17.6 Å². The number of hydrogen-bond acceptors (Lipinski definition) is 7. The Morgan fingerprint density at radius 3 is 2.49 bits per heavy atom. The molecule has 10 heteroatoms. The molecule has 47 heavy (non-hydrogen) atoms. The van der Waals surface area contributed by atoms with Gasteiger partial charge in [0, 0.05) is 63.0 Å². The molecule has 8 nitrogen and oxygen atoms in total. The molecular formula is C37H49F2N5O3. The molecule has 2 heterocycles. The molecule has 3 aliphatic rings. The zero-order valence-electron chi connectivity index (χ0n) is 28.2. The van der Waals surface area contributed by atoms with Gasteiger partial charge in [-0.1, -0.05) is 18.6 Å². The number of hydrogen-bond donors (Lipinski definition) is 1. The van der Waals surface area contributed by atoms with Gasteiger partial charge in [-0.3, -0.25) is 9.59 Å². The van der Waals surface area contributed by atoms with Crippen LogP contribution in [-0.4, -0.2) is 82.1 Å². The molecular weight excluding hydrogens is 600 g/mol. The summed E-state index contributed by atoms with van der Waals surface area (Å²) in [5.74, 6) is -0.145. The highest BCUT2D eigenvalue weighted by Crippen LogP contribution is 2.53. The van der Waals surface area contributed by atoms with Gasteiger partial charge in [0.25, 0.3) is 0 Å². The number of halogens is 2. The highest BCUT2D eigenvalue weighted by atomic mass is 19.1. The first-order chi connectivity index (χ1) is 22.5. The number of esters is 1. The Hall–Kier alpha value is -3.55. The number of carbonyl (C=O) groups is 2. The fourth-order valence-electron chi connectivity index (χ4n) is 8.74. The number of anilines is 1. The minimum absolute atomic E-state index is 0.0966. The zero-order valence-corrected chi connectivity index (χ0v) is 28.2. The second-order valence-electron chi connectivity index (χ2n) is 14.2. The van der Waals surface area contributed by atoms with Crippen molar-refractivity contribution in [2.75, 3.05) is 65.4 Å². The van der Waals surface area contributed by atoms with Crippen LogP contribution in [0.4, 0.5) is 14.5 Å². The first-order valence-corrected chi connectivity index (χ1v) is 17.0. The number of nitriles is 1. The van der Waals surface area contributed by atoms with E-state index in [0.717, 1.165) is 70.4 Å². The van der Waals surface area contributed by atoms with E-state index in [0.29, 0.717) is 42.2 Å². The van der Waals surface area contributed by atoms with E-state index < -0.39 is 5.41 Å². The molecule has 0 aromatic heterocycles. The summed E-state index contributed by atoms with van der Waals surface area (Å²) in [6, 6.07) is 12.4.